The third-order valence-corrected chi connectivity index (χ3v) is 2.13. The summed E-state index contributed by atoms with van der Waals surface area (Å²) in [6.45, 7) is 0.528. The molecule has 0 aliphatic carbocycles. The van der Waals surface area contributed by atoms with Gasteiger partial charge in [-0.1, -0.05) is 0 Å². The first-order valence-corrected chi connectivity index (χ1v) is 4.72. The van der Waals surface area contributed by atoms with E-state index in [2.05, 4.69) is 16.6 Å². The van der Waals surface area contributed by atoms with Crippen molar-refractivity contribution in [2.45, 2.75) is 31.7 Å². The number of carbonyl (C=O) groups is 2. The maximum absolute atomic E-state index is 11.2. The van der Waals surface area contributed by atoms with Crippen LogP contribution in [0.4, 0.5) is 0 Å². The van der Waals surface area contributed by atoms with Gasteiger partial charge in [0, 0.05) is 31.8 Å². The van der Waals surface area contributed by atoms with Crippen LogP contribution < -0.4 is 10.6 Å². The fourth-order valence-corrected chi connectivity index (χ4v) is 1.34. The van der Waals surface area contributed by atoms with E-state index in [-0.39, 0.29) is 17.9 Å². The fraction of sp³-hybridized carbons (Fsp3) is 0.600. The van der Waals surface area contributed by atoms with Crippen molar-refractivity contribution in [2.75, 3.05) is 6.54 Å². The van der Waals surface area contributed by atoms with Gasteiger partial charge in [0.05, 0.1) is 0 Å². The summed E-state index contributed by atoms with van der Waals surface area (Å²) < 4.78 is 0. The van der Waals surface area contributed by atoms with E-state index in [9.17, 15) is 9.59 Å². The molecule has 14 heavy (non-hydrogen) atoms. The Morgan fingerprint density at radius 2 is 2.50 bits per heavy atom. The zero-order valence-corrected chi connectivity index (χ0v) is 8.01. The Kier molecular flexibility index (Phi) is 3.99. The minimum atomic E-state index is -0.0379. The van der Waals surface area contributed by atoms with Crippen LogP contribution in [0.3, 0.4) is 0 Å². The predicted octanol–water partition coefficient (Wildman–Crippen LogP) is -0.205. The molecule has 0 aromatic rings. The van der Waals surface area contributed by atoms with Crippen LogP contribution in [0.2, 0.25) is 0 Å². The molecule has 1 unspecified atom stereocenters. The summed E-state index contributed by atoms with van der Waals surface area (Å²) in [5.74, 6) is 2.43. The number of amides is 2. The number of nitrogens with one attached hydrogen (secondary N) is 2. The van der Waals surface area contributed by atoms with Crippen molar-refractivity contribution in [1.82, 2.24) is 10.6 Å². The summed E-state index contributed by atoms with van der Waals surface area (Å²) in [6.07, 6.45) is 7.07. The number of hydrogen-bond donors (Lipinski definition) is 2. The Balaban J connectivity index is 2.21. The molecule has 2 N–H and O–H groups in total. The van der Waals surface area contributed by atoms with Crippen molar-refractivity contribution >= 4 is 11.8 Å². The molecule has 0 radical (unpaired) electrons. The molecular formula is C10H14N2O2. The average molecular weight is 194 g/mol. The Bertz CT molecular complexity index is 258. The number of rotatable bonds is 3. The van der Waals surface area contributed by atoms with E-state index in [0.717, 1.165) is 0 Å². The van der Waals surface area contributed by atoms with Gasteiger partial charge in [0.25, 0.3) is 0 Å². The molecule has 4 heteroatoms. The van der Waals surface area contributed by atoms with Gasteiger partial charge >= 0.3 is 0 Å². The van der Waals surface area contributed by atoms with Crippen LogP contribution in [-0.2, 0) is 9.59 Å². The smallest absolute Gasteiger partial charge is 0.221 e. The minimum absolute atomic E-state index is 0.0379. The lowest BCUT2D eigenvalue weighted by atomic mass is 10.1. The van der Waals surface area contributed by atoms with Gasteiger partial charge in [-0.3, -0.25) is 9.59 Å². The van der Waals surface area contributed by atoms with E-state index in [1.165, 1.54) is 0 Å². The van der Waals surface area contributed by atoms with Gasteiger partial charge in [-0.15, -0.1) is 12.3 Å². The third kappa shape index (κ3) is 3.48. The molecule has 1 saturated heterocycles. The molecule has 1 aliphatic heterocycles. The van der Waals surface area contributed by atoms with E-state index < -0.39 is 0 Å². The third-order valence-electron chi connectivity index (χ3n) is 2.13. The Labute approximate surface area is 83.4 Å². The second kappa shape index (κ2) is 5.28. The normalized spacial score (nSPS) is 20.8. The van der Waals surface area contributed by atoms with E-state index in [1.807, 2.05) is 0 Å². The molecule has 0 aromatic carbocycles. The molecule has 1 aliphatic rings. The number of carbonyl (C=O) groups excluding carboxylic acids is 2. The first-order chi connectivity index (χ1) is 6.72. The molecule has 1 fully saturated rings. The molecule has 76 valence electrons. The summed E-state index contributed by atoms with van der Waals surface area (Å²) in [5, 5.41) is 5.52. The first kappa shape index (κ1) is 10.6. The molecular weight excluding hydrogens is 180 g/mol. The van der Waals surface area contributed by atoms with E-state index in [1.54, 1.807) is 0 Å². The van der Waals surface area contributed by atoms with Crippen LogP contribution in [0.5, 0.6) is 0 Å². The van der Waals surface area contributed by atoms with E-state index in [4.69, 9.17) is 6.42 Å². The van der Waals surface area contributed by atoms with Gasteiger partial charge in [0.1, 0.15) is 0 Å². The molecule has 0 spiro atoms. The van der Waals surface area contributed by atoms with Crippen molar-refractivity contribution in [2.24, 2.45) is 0 Å². The SMILES string of the molecule is C#CCCC(=O)NC1CCC(=O)NC1. The second-order valence-corrected chi connectivity index (χ2v) is 3.31. The summed E-state index contributed by atoms with van der Waals surface area (Å²) >= 11 is 0. The monoisotopic (exact) mass is 194 g/mol. The Morgan fingerprint density at radius 1 is 1.71 bits per heavy atom. The number of piperidine rings is 1. The molecule has 0 bridgehead atoms. The maximum atomic E-state index is 11.2. The molecule has 0 aromatic heterocycles. The van der Waals surface area contributed by atoms with Gasteiger partial charge in [-0.05, 0) is 6.42 Å². The van der Waals surface area contributed by atoms with Crippen molar-refractivity contribution in [1.29, 1.82) is 0 Å². The molecule has 1 rings (SSSR count). The molecule has 1 atom stereocenters. The largest absolute Gasteiger partial charge is 0.354 e. The Hall–Kier alpha value is -1.50. The lowest BCUT2D eigenvalue weighted by molar-refractivity contribution is -0.125. The lowest BCUT2D eigenvalue weighted by Crippen LogP contribution is -2.47. The van der Waals surface area contributed by atoms with Crippen molar-refractivity contribution in [3.8, 4) is 12.3 Å². The first-order valence-electron chi connectivity index (χ1n) is 4.72. The van der Waals surface area contributed by atoms with Crippen molar-refractivity contribution in [3.05, 3.63) is 0 Å². The zero-order chi connectivity index (χ0) is 10.4. The Morgan fingerprint density at radius 3 is 3.07 bits per heavy atom. The van der Waals surface area contributed by atoms with Crippen molar-refractivity contribution < 1.29 is 9.59 Å². The minimum Gasteiger partial charge on any atom is -0.354 e. The van der Waals surface area contributed by atoms with Crippen LogP contribution in [0.25, 0.3) is 0 Å². The van der Waals surface area contributed by atoms with Crippen LogP contribution in [0.1, 0.15) is 25.7 Å². The molecule has 2 amide bonds. The van der Waals surface area contributed by atoms with Crippen molar-refractivity contribution in [3.63, 3.8) is 0 Å². The maximum Gasteiger partial charge on any atom is 0.221 e. The summed E-state index contributed by atoms with van der Waals surface area (Å²) in [5.41, 5.74) is 0. The van der Waals surface area contributed by atoms with Crippen LogP contribution in [0, 0.1) is 12.3 Å². The summed E-state index contributed by atoms with van der Waals surface area (Å²) in [7, 11) is 0. The van der Waals surface area contributed by atoms with Crippen LogP contribution in [-0.4, -0.2) is 24.4 Å². The van der Waals surface area contributed by atoms with Gasteiger partial charge in [-0.2, -0.15) is 0 Å². The topological polar surface area (TPSA) is 58.2 Å². The molecule has 4 nitrogen and oxygen atoms in total. The van der Waals surface area contributed by atoms with E-state index >= 15 is 0 Å². The zero-order valence-electron chi connectivity index (χ0n) is 8.01. The van der Waals surface area contributed by atoms with Gasteiger partial charge in [-0.25, -0.2) is 0 Å². The van der Waals surface area contributed by atoms with Crippen LogP contribution >= 0.6 is 0 Å². The average Bonchev–Trinajstić information content (AvgIpc) is 2.18. The molecule has 1 heterocycles. The second-order valence-electron chi connectivity index (χ2n) is 3.31. The number of hydrogen-bond acceptors (Lipinski definition) is 2. The fourth-order valence-electron chi connectivity index (χ4n) is 1.34. The van der Waals surface area contributed by atoms with Gasteiger partial charge in [0.2, 0.25) is 11.8 Å². The van der Waals surface area contributed by atoms with Gasteiger partial charge in [0.15, 0.2) is 0 Å². The van der Waals surface area contributed by atoms with Crippen LogP contribution in [0.15, 0.2) is 0 Å². The van der Waals surface area contributed by atoms with Gasteiger partial charge < -0.3 is 10.6 Å². The number of terminal acetylenes is 1. The highest BCUT2D eigenvalue weighted by Gasteiger charge is 2.18. The lowest BCUT2D eigenvalue weighted by Gasteiger charge is -2.23. The predicted molar refractivity (Wildman–Crippen MR) is 52.2 cm³/mol. The summed E-state index contributed by atoms with van der Waals surface area (Å²) in [6, 6.07) is 0.0676. The standard InChI is InChI=1S/C10H14N2O2/c1-2-3-4-10(14)12-8-5-6-9(13)11-7-8/h1,8H,3-7H2,(H,11,13)(H,12,14). The van der Waals surface area contributed by atoms with E-state index in [0.29, 0.717) is 32.2 Å². The molecule has 0 saturated carbocycles. The summed E-state index contributed by atoms with van der Waals surface area (Å²) in [4.78, 5) is 22.0. The highest BCUT2D eigenvalue weighted by molar-refractivity contribution is 5.79. The highest BCUT2D eigenvalue weighted by atomic mass is 16.2. The quantitative estimate of drug-likeness (QED) is 0.611. The highest BCUT2D eigenvalue weighted by Crippen LogP contribution is 2.02.